The lowest BCUT2D eigenvalue weighted by atomic mass is 10.1. The maximum atomic E-state index is 11.8. The van der Waals surface area contributed by atoms with Gasteiger partial charge in [-0.05, 0) is 37.8 Å². The number of ether oxygens (including phenoxy) is 4. The summed E-state index contributed by atoms with van der Waals surface area (Å²) in [5.41, 5.74) is 2.81. The average Bonchev–Trinajstić information content (AvgIpc) is 3.31. The van der Waals surface area contributed by atoms with Gasteiger partial charge in [0.05, 0.1) is 38.6 Å². The number of hydrogen-bond donors (Lipinski definition) is 0. The lowest BCUT2D eigenvalue weighted by Gasteiger charge is -2.22. The fourth-order valence-electron chi connectivity index (χ4n) is 3.66. The van der Waals surface area contributed by atoms with Crippen molar-refractivity contribution in [2.75, 3.05) is 13.2 Å². The van der Waals surface area contributed by atoms with E-state index in [0.717, 1.165) is 24.0 Å². The van der Waals surface area contributed by atoms with E-state index >= 15 is 0 Å². The second-order valence-electron chi connectivity index (χ2n) is 8.09. The molecule has 0 saturated carbocycles. The standard InChI is InChI=1S/C28H34O5/c1-3-31-28(29)22(2)11-10-16-26(32-20-24-14-8-5-9-15-24)27-18-17-25(33-27)21-30-19-23-12-6-4-7-13-23/h4-16,25-27H,3,17-21H2,1-2H3/b16-10+,22-11+/t25-,26+,27-/m1/s1. The second kappa shape index (κ2) is 13.7. The van der Waals surface area contributed by atoms with Crippen molar-refractivity contribution >= 4 is 5.97 Å². The predicted octanol–water partition coefficient (Wildman–Crippen LogP) is 5.40. The second-order valence-corrected chi connectivity index (χ2v) is 8.09. The molecule has 0 spiro atoms. The minimum atomic E-state index is -0.309. The number of esters is 1. The summed E-state index contributed by atoms with van der Waals surface area (Å²) in [5.74, 6) is -0.309. The van der Waals surface area contributed by atoms with Gasteiger partial charge in [-0.25, -0.2) is 4.79 Å². The molecule has 33 heavy (non-hydrogen) atoms. The number of hydrogen-bond acceptors (Lipinski definition) is 5. The van der Waals surface area contributed by atoms with Gasteiger partial charge >= 0.3 is 5.97 Å². The molecule has 1 heterocycles. The molecule has 5 nitrogen and oxygen atoms in total. The van der Waals surface area contributed by atoms with Gasteiger partial charge in [0.15, 0.2) is 0 Å². The summed E-state index contributed by atoms with van der Waals surface area (Å²) in [7, 11) is 0. The van der Waals surface area contributed by atoms with Gasteiger partial charge in [0.25, 0.3) is 0 Å². The molecule has 1 aliphatic heterocycles. The third-order valence-corrected chi connectivity index (χ3v) is 5.45. The van der Waals surface area contributed by atoms with E-state index in [2.05, 4.69) is 12.1 Å². The van der Waals surface area contributed by atoms with E-state index in [4.69, 9.17) is 18.9 Å². The Balaban J connectivity index is 1.56. The van der Waals surface area contributed by atoms with Crippen LogP contribution in [0.15, 0.2) is 84.5 Å². The highest BCUT2D eigenvalue weighted by atomic mass is 16.6. The van der Waals surface area contributed by atoms with Gasteiger partial charge in [-0.15, -0.1) is 0 Å². The molecule has 3 atom stereocenters. The van der Waals surface area contributed by atoms with Crippen molar-refractivity contribution < 1.29 is 23.7 Å². The fourth-order valence-corrected chi connectivity index (χ4v) is 3.66. The Kier molecular flexibility index (Phi) is 10.4. The molecule has 0 unspecified atom stereocenters. The van der Waals surface area contributed by atoms with Crippen LogP contribution in [0.3, 0.4) is 0 Å². The smallest absolute Gasteiger partial charge is 0.333 e. The van der Waals surface area contributed by atoms with Crippen molar-refractivity contribution in [3.05, 3.63) is 95.6 Å². The summed E-state index contributed by atoms with van der Waals surface area (Å²) in [4.78, 5) is 11.8. The molecule has 0 amide bonds. The Bertz CT molecular complexity index is 891. The highest BCUT2D eigenvalue weighted by Crippen LogP contribution is 2.26. The van der Waals surface area contributed by atoms with Crippen LogP contribution in [0.25, 0.3) is 0 Å². The van der Waals surface area contributed by atoms with Crippen LogP contribution in [-0.4, -0.2) is 37.5 Å². The number of carbonyl (C=O) groups excluding carboxylic acids is 1. The van der Waals surface area contributed by atoms with Crippen molar-refractivity contribution in [2.24, 2.45) is 0 Å². The lowest BCUT2D eigenvalue weighted by Crippen LogP contribution is -2.28. The van der Waals surface area contributed by atoms with Crippen molar-refractivity contribution in [1.29, 1.82) is 0 Å². The quantitative estimate of drug-likeness (QED) is 0.246. The molecule has 1 aliphatic rings. The Morgan fingerprint density at radius 2 is 1.70 bits per heavy atom. The minimum absolute atomic E-state index is 0.0479. The monoisotopic (exact) mass is 450 g/mol. The summed E-state index contributed by atoms with van der Waals surface area (Å²) < 4.78 is 23.4. The van der Waals surface area contributed by atoms with Crippen LogP contribution in [0.5, 0.6) is 0 Å². The van der Waals surface area contributed by atoms with Gasteiger partial charge in [0, 0.05) is 5.57 Å². The number of carbonyl (C=O) groups is 1. The molecule has 1 saturated heterocycles. The summed E-state index contributed by atoms with van der Waals surface area (Å²) in [5, 5.41) is 0. The molecule has 0 aliphatic carbocycles. The first kappa shape index (κ1) is 24.9. The molecular formula is C28H34O5. The maximum absolute atomic E-state index is 11.8. The fraction of sp³-hybridized carbons (Fsp3) is 0.393. The van der Waals surface area contributed by atoms with Crippen LogP contribution in [0.2, 0.25) is 0 Å². The first-order valence-corrected chi connectivity index (χ1v) is 11.6. The summed E-state index contributed by atoms with van der Waals surface area (Å²) in [6, 6.07) is 20.2. The van der Waals surface area contributed by atoms with Crippen LogP contribution in [0.4, 0.5) is 0 Å². The van der Waals surface area contributed by atoms with Crippen molar-refractivity contribution in [2.45, 2.75) is 58.2 Å². The lowest BCUT2D eigenvalue weighted by molar-refractivity contribution is -0.138. The van der Waals surface area contributed by atoms with Gasteiger partial charge in [-0.2, -0.15) is 0 Å². The van der Waals surface area contributed by atoms with Crippen molar-refractivity contribution in [1.82, 2.24) is 0 Å². The molecular weight excluding hydrogens is 416 g/mol. The van der Waals surface area contributed by atoms with Gasteiger partial charge in [0.1, 0.15) is 6.10 Å². The summed E-state index contributed by atoms with van der Waals surface area (Å²) in [6.07, 6.45) is 7.15. The molecule has 0 radical (unpaired) electrons. The van der Waals surface area contributed by atoms with Gasteiger partial charge in [-0.1, -0.05) is 78.9 Å². The summed E-state index contributed by atoms with van der Waals surface area (Å²) >= 11 is 0. The molecule has 3 rings (SSSR count). The Morgan fingerprint density at radius 3 is 2.36 bits per heavy atom. The van der Waals surface area contributed by atoms with Crippen LogP contribution < -0.4 is 0 Å². The van der Waals surface area contributed by atoms with E-state index in [9.17, 15) is 4.79 Å². The van der Waals surface area contributed by atoms with Gasteiger partial charge in [0.2, 0.25) is 0 Å². The van der Waals surface area contributed by atoms with E-state index in [1.165, 1.54) is 0 Å². The third kappa shape index (κ3) is 8.61. The molecule has 0 N–H and O–H groups in total. The molecule has 176 valence electrons. The maximum Gasteiger partial charge on any atom is 0.333 e. The Hall–Kier alpha value is -2.73. The number of benzene rings is 2. The number of allylic oxidation sites excluding steroid dienone is 2. The zero-order valence-corrected chi connectivity index (χ0v) is 19.5. The first-order chi connectivity index (χ1) is 16.2. The van der Waals surface area contributed by atoms with Crippen LogP contribution in [0, 0.1) is 0 Å². The molecule has 2 aromatic rings. The zero-order valence-electron chi connectivity index (χ0n) is 19.5. The van der Waals surface area contributed by atoms with Crippen molar-refractivity contribution in [3.8, 4) is 0 Å². The van der Waals surface area contributed by atoms with Crippen LogP contribution in [-0.2, 0) is 37.0 Å². The topological polar surface area (TPSA) is 54.0 Å². The van der Waals surface area contributed by atoms with Crippen molar-refractivity contribution in [3.63, 3.8) is 0 Å². The highest BCUT2D eigenvalue weighted by Gasteiger charge is 2.31. The van der Waals surface area contributed by atoms with E-state index in [1.54, 1.807) is 19.9 Å². The van der Waals surface area contributed by atoms with E-state index < -0.39 is 0 Å². The Morgan fingerprint density at radius 1 is 1.03 bits per heavy atom. The first-order valence-electron chi connectivity index (χ1n) is 11.6. The highest BCUT2D eigenvalue weighted by molar-refractivity contribution is 5.88. The molecule has 2 aromatic carbocycles. The summed E-state index contributed by atoms with van der Waals surface area (Å²) in [6.45, 7) is 5.53. The van der Waals surface area contributed by atoms with E-state index in [1.807, 2.05) is 60.7 Å². The van der Waals surface area contributed by atoms with Crippen LogP contribution in [0.1, 0.15) is 37.8 Å². The molecule has 5 heteroatoms. The van der Waals surface area contributed by atoms with Gasteiger partial charge < -0.3 is 18.9 Å². The van der Waals surface area contributed by atoms with E-state index in [0.29, 0.717) is 32.0 Å². The zero-order chi connectivity index (χ0) is 23.3. The molecule has 0 bridgehead atoms. The predicted molar refractivity (Wildman–Crippen MR) is 129 cm³/mol. The van der Waals surface area contributed by atoms with Gasteiger partial charge in [-0.3, -0.25) is 0 Å². The third-order valence-electron chi connectivity index (χ3n) is 5.45. The normalized spacial score (nSPS) is 19.6. The Labute approximate surface area is 197 Å². The average molecular weight is 451 g/mol. The SMILES string of the molecule is CCOC(=O)/C(C)=C/C=C/[C@H](OCc1ccccc1)[C@H]1CC[C@H](COCc2ccccc2)O1. The number of rotatable bonds is 12. The van der Waals surface area contributed by atoms with E-state index in [-0.39, 0.29) is 24.3 Å². The largest absolute Gasteiger partial charge is 0.463 e. The molecule has 1 fully saturated rings. The molecule has 0 aromatic heterocycles. The minimum Gasteiger partial charge on any atom is -0.463 e. The van der Waals surface area contributed by atoms with Crippen LogP contribution >= 0.6 is 0 Å².